The van der Waals surface area contributed by atoms with Crippen LogP contribution in [0.2, 0.25) is 0 Å². The maximum absolute atomic E-state index is 11.6. The van der Waals surface area contributed by atoms with Gasteiger partial charge in [0.2, 0.25) is 5.91 Å². The molecule has 0 saturated heterocycles. The van der Waals surface area contributed by atoms with Gasteiger partial charge in [0.25, 0.3) is 0 Å². The topological polar surface area (TPSA) is 57.6 Å². The summed E-state index contributed by atoms with van der Waals surface area (Å²) in [5, 5.41) is 9.33. The van der Waals surface area contributed by atoms with Gasteiger partial charge in [-0.15, -0.1) is 0 Å². The van der Waals surface area contributed by atoms with Crippen molar-refractivity contribution in [3.05, 3.63) is 29.3 Å². The van der Waals surface area contributed by atoms with Crippen molar-refractivity contribution in [2.45, 2.75) is 32.6 Å². The Labute approximate surface area is 113 Å². The van der Waals surface area contributed by atoms with Gasteiger partial charge >= 0.3 is 5.97 Å². The number of hydrogen-bond donors (Lipinski definition) is 1. The van der Waals surface area contributed by atoms with Crippen molar-refractivity contribution in [3.8, 4) is 0 Å². The van der Waals surface area contributed by atoms with E-state index in [4.69, 9.17) is 0 Å². The molecule has 1 amide bonds. The lowest BCUT2D eigenvalue weighted by atomic mass is 9.86. The molecule has 0 aromatic heterocycles. The SMILES string of the molecule is CC(C)C(C(=O)O)c1ccc2c(c1)CCC(=O)N2C. The minimum absolute atomic E-state index is 0.0403. The quantitative estimate of drug-likeness (QED) is 0.909. The molecule has 2 rings (SSSR count). The van der Waals surface area contributed by atoms with Crippen LogP contribution in [0.4, 0.5) is 5.69 Å². The summed E-state index contributed by atoms with van der Waals surface area (Å²) in [5.74, 6) is -1.14. The second kappa shape index (κ2) is 5.03. The number of anilines is 1. The van der Waals surface area contributed by atoms with Crippen LogP contribution in [0.1, 0.15) is 37.3 Å². The van der Waals surface area contributed by atoms with E-state index < -0.39 is 11.9 Å². The Morgan fingerprint density at radius 3 is 2.58 bits per heavy atom. The van der Waals surface area contributed by atoms with Crippen LogP contribution in [0.15, 0.2) is 18.2 Å². The molecule has 1 heterocycles. The van der Waals surface area contributed by atoms with E-state index in [1.807, 2.05) is 32.0 Å². The number of carbonyl (C=O) groups is 2. The molecular weight excluding hydrogens is 242 g/mol. The standard InChI is InChI=1S/C15H19NO3/c1-9(2)14(15(18)19)11-4-6-12-10(8-11)5-7-13(17)16(12)3/h4,6,8-9,14H,5,7H2,1-3H3,(H,18,19). The first-order valence-electron chi connectivity index (χ1n) is 6.54. The van der Waals surface area contributed by atoms with Crippen LogP contribution in [-0.2, 0) is 16.0 Å². The molecule has 4 nitrogen and oxygen atoms in total. The zero-order chi connectivity index (χ0) is 14.2. The first kappa shape index (κ1) is 13.6. The van der Waals surface area contributed by atoms with Gasteiger partial charge in [0, 0.05) is 19.2 Å². The molecule has 1 aromatic rings. The van der Waals surface area contributed by atoms with E-state index in [9.17, 15) is 14.7 Å². The summed E-state index contributed by atoms with van der Waals surface area (Å²) in [6, 6.07) is 5.63. The molecule has 0 saturated carbocycles. The molecule has 1 aromatic carbocycles. The maximum atomic E-state index is 11.6. The predicted octanol–water partition coefficient (Wildman–Crippen LogP) is 2.42. The van der Waals surface area contributed by atoms with Gasteiger partial charge in [-0.25, -0.2) is 0 Å². The van der Waals surface area contributed by atoms with E-state index in [2.05, 4.69) is 0 Å². The van der Waals surface area contributed by atoms with E-state index in [-0.39, 0.29) is 11.8 Å². The zero-order valence-electron chi connectivity index (χ0n) is 11.5. The molecule has 0 radical (unpaired) electrons. The molecule has 0 fully saturated rings. The summed E-state index contributed by atoms with van der Waals surface area (Å²) in [4.78, 5) is 24.6. The molecule has 0 spiro atoms. The van der Waals surface area contributed by atoms with E-state index in [1.54, 1.807) is 11.9 Å². The second-order valence-electron chi connectivity index (χ2n) is 5.40. The molecule has 1 unspecified atom stereocenters. The smallest absolute Gasteiger partial charge is 0.311 e. The predicted molar refractivity (Wildman–Crippen MR) is 73.4 cm³/mol. The fraction of sp³-hybridized carbons (Fsp3) is 0.467. The third-order valence-electron chi connectivity index (χ3n) is 3.74. The number of aryl methyl sites for hydroxylation is 1. The van der Waals surface area contributed by atoms with Gasteiger partial charge in [-0.2, -0.15) is 0 Å². The number of rotatable bonds is 3. The normalized spacial score (nSPS) is 16.4. The van der Waals surface area contributed by atoms with Crippen molar-refractivity contribution in [3.63, 3.8) is 0 Å². The number of fused-ring (bicyclic) bond motifs is 1. The highest BCUT2D eigenvalue weighted by Gasteiger charge is 2.26. The van der Waals surface area contributed by atoms with Crippen molar-refractivity contribution < 1.29 is 14.7 Å². The minimum atomic E-state index is -0.796. The van der Waals surface area contributed by atoms with Crippen molar-refractivity contribution in [2.24, 2.45) is 5.92 Å². The number of nitrogens with zero attached hydrogens (tertiary/aromatic N) is 1. The highest BCUT2D eigenvalue weighted by atomic mass is 16.4. The first-order valence-corrected chi connectivity index (χ1v) is 6.54. The lowest BCUT2D eigenvalue weighted by Crippen LogP contribution is -2.31. The molecule has 0 bridgehead atoms. The summed E-state index contributed by atoms with van der Waals surface area (Å²) in [6.45, 7) is 3.82. The Morgan fingerprint density at radius 1 is 1.32 bits per heavy atom. The summed E-state index contributed by atoms with van der Waals surface area (Å²) < 4.78 is 0. The van der Waals surface area contributed by atoms with Crippen LogP contribution < -0.4 is 4.90 Å². The molecule has 19 heavy (non-hydrogen) atoms. The highest BCUT2D eigenvalue weighted by molar-refractivity contribution is 5.96. The average Bonchev–Trinajstić information content (AvgIpc) is 2.33. The Bertz CT molecular complexity index is 522. The molecule has 1 aliphatic heterocycles. The third kappa shape index (κ3) is 2.48. The molecule has 1 aliphatic rings. The minimum Gasteiger partial charge on any atom is -0.481 e. The van der Waals surface area contributed by atoms with Gasteiger partial charge in [0.05, 0.1) is 5.92 Å². The second-order valence-corrected chi connectivity index (χ2v) is 5.40. The van der Waals surface area contributed by atoms with Gasteiger partial charge in [-0.3, -0.25) is 9.59 Å². The van der Waals surface area contributed by atoms with Crippen molar-refractivity contribution >= 4 is 17.6 Å². The van der Waals surface area contributed by atoms with Crippen LogP contribution in [0, 0.1) is 5.92 Å². The number of carbonyl (C=O) groups excluding carboxylic acids is 1. The fourth-order valence-electron chi connectivity index (χ4n) is 2.68. The lowest BCUT2D eigenvalue weighted by Gasteiger charge is -2.27. The lowest BCUT2D eigenvalue weighted by molar-refractivity contribution is -0.139. The Kier molecular flexibility index (Phi) is 3.60. The molecule has 1 N–H and O–H groups in total. The molecular formula is C15H19NO3. The largest absolute Gasteiger partial charge is 0.481 e. The van der Waals surface area contributed by atoms with Crippen molar-refractivity contribution in [2.75, 3.05) is 11.9 Å². The Hall–Kier alpha value is -1.84. The number of carboxylic acids is 1. The molecule has 0 aliphatic carbocycles. The third-order valence-corrected chi connectivity index (χ3v) is 3.74. The summed E-state index contributed by atoms with van der Waals surface area (Å²) in [7, 11) is 1.76. The van der Waals surface area contributed by atoms with Crippen molar-refractivity contribution in [1.29, 1.82) is 0 Å². The van der Waals surface area contributed by atoms with Gasteiger partial charge in [-0.1, -0.05) is 26.0 Å². The van der Waals surface area contributed by atoms with E-state index >= 15 is 0 Å². The van der Waals surface area contributed by atoms with Crippen LogP contribution >= 0.6 is 0 Å². The average molecular weight is 261 g/mol. The number of amides is 1. The summed E-state index contributed by atoms with van der Waals surface area (Å²) in [5.41, 5.74) is 2.78. The van der Waals surface area contributed by atoms with E-state index in [0.717, 1.165) is 16.8 Å². The first-order chi connectivity index (χ1) is 8.91. The van der Waals surface area contributed by atoms with Crippen LogP contribution in [0.3, 0.4) is 0 Å². The van der Waals surface area contributed by atoms with Crippen LogP contribution in [0.25, 0.3) is 0 Å². The van der Waals surface area contributed by atoms with Gasteiger partial charge in [-0.05, 0) is 29.5 Å². The van der Waals surface area contributed by atoms with Crippen LogP contribution in [0.5, 0.6) is 0 Å². The Morgan fingerprint density at radius 2 is 2.00 bits per heavy atom. The molecule has 102 valence electrons. The van der Waals surface area contributed by atoms with Gasteiger partial charge in [0.1, 0.15) is 0 Å². The summed E-state index contributed by atoms with van der Waals surface area (Å²) >= 11 is 0. The number of benzene rings is 1. The number of hydrogen-bond acceptors (Lipinski definition) is 2. The van der Waals surface area contributed by atoms with Gasteiger partial charge in [0.15, 0.2) is 0 Å². The Balaban J connectivity index is 2.41. The van der Waals surface area contributed by atoms with Gasteiger partial charge < -0.3 is 10.0 Å². The fourth-order valence-corrected chi connectivity index (χ4v) is 2.68. The van der Waals surface area contributed by atoms with E-state index in [0.29, 0.717) is 12.8 Å². The van der Waals surface area contributed by atoms with E-state index in [1.165, 1.54) is 0 Å². The monoisotopic (exact) mass is 261 g/mol. The molecule has 4 heteroatoms. The number of carboxylic acid groups (broad SMARTS) is 1. The zero-order valence-corrected chi connectivity index (χ0v) is 11.5. The van der Waals surface area contributed by atoms with Crippen molar-refractivity contribution in [1.82, 2.24) is 0 Å². The highest BCUT2D eigenvalue weighted by Crippen LogP contribution is 2.32. The molecule has 1 atom stereocenters. The maximum Gasteiger partial charge on any atom is 0.311 e. The number of aliphatic carboxylic acids is 1. The summed E-state index contributed by atoms with van der Waals surface area (Å²) in [6.07, 6.45) is 1.18. The van der Waals surface area contributed by atoms with Crippen LogP contribution in [-0.4, -0.2) is 24.0 Å².